The Morgan fingerprint density at radius 2 is 1.59 bits per heavy atom. The van der Waals surface area contributed by atoms with Crippen molar-refractivity contribution in [3.63, 3.8) is 0 Å². The zero-order chi connectivity index (χ0) is 25.6. The van der Waals surface area contributed by atoms with Crippen LogP contribution in [0.25, 0.3) is 5.83 Å². The fourth-order valence-electron chi connectivity index (χ4n) is 3.15. The summed E-state index contributed by atoms with van der Waals surface area (Å²) < 4.78 is 96.7. The van der Waals surface area contributed by atoms with Crippen molar-refractivity contribution in [3.8, 4) is 0 Å². The average Bonchev–Trinajstić information content (AvgIpc) is 3.57. The van der Waals surface area contributed by atoms with Crippen LogP contribution in [0.1, 0.15) is 45.8 Å². The van der Waals surface area contributed by atoms with E-state index in [1.54, 1.807) is 0 Å². The molecule has 0 aromatic heterocycles. The second kappa shape index (κ2) is 9.56. The summed E-state index contributed by atoms with van der Waals surface area (Å²) in [6.07, 6.45) is -9.02. The zero-order valence-electron chi connectivity index (χ0n) is 16.7. The van der Waals surface area contributed by atoms with E-state index in [4.69, 9.17) is 40.6 Å². The third-order valence-corrected chi connectivity index (χ3v) is 6.23. The summed E-state index contributed by atoms with van der Waals surface area (Å²) in [5, 5.41) is -0.204. The number of carbonyl (C=O) groups excluding carboxylic acids is 1. The van der Waals surface area contributed by atoms with Crippen LogP contribution in [-0.2, 0) is 6.18 Å². The minimum atomic E-state index is -5.10. The summed E-state index contributed by atoms with van der Waals surface area (Å²) in [7, 11) is 0. The first-order chi connectivity index (χ1) is 15.6. The number of hydrogen-bond donors (Lipinski definition) is 1. The molecule has 0 radical (unpaired) electrons. The molecule has 34 heavy (non-hydrogen) atoms. The highest BCUT2D eigenvalue weighted by Gasteiger charge is 2.41. The van der Waals surface area contributed by atoms with Crippen molar-refractivity contribution >= 4 is 46.5 Å². The van der Waals surface area contributed by atoms with Crippen LogP contribution in [-0.4, -0.2) is 23.1 Å². The first kappa shape index (κ1) is 26.6. The van der Waals surface area contributed by atoms with Crippen molar-refractivity contribution in [2.75, 3.05) is 0 Å². The summed E-state index contributed by atoms with van der Waals surface area (Å²) in [4.78, 5) is 12.4. The molecule has 0 spiro atoms. The van der Waals surface area contributed by atoms with Gasteiger partial charge in [0.25, 0.3) is 5.91 Å². The molecule has 0 saturated heterocycles. The maximum absolute atomic E-state index is 14.9. The summed E-state index contributed by atoms with van der Waals surface area (Å²) in [5.74, 6) is 0.201. The van der Waals surface area contributed by atoms with Gasteiger partial charge in [-0.3, -0.25) is 9.80 Å². The van der Waals surface area contributed by atoms with E-state index in [-0.39, 0.29) is 27.2 Å². The topological polar surface area (TPSA) is 46.3 Å². The van der Waals surface area contributed by atoms with E-state index in [1.807, 2.05) is 0 Å². The number of carbonyl (C=O) groups is 1. The van der Waals surface area contributed by atoms with Crippen LogP contribution in [0.4, 0.5) is 30.7 Å². The Labute approximate surface area is 203 Å². The summed E-state index contributed by atoms with van der Waals surface area (Å²) >= 11 is 17.3. The molecule has 3 nitrogen and oxygen atoms in total. The van der Waals surface area contributed by atoms with E-state index in [0.717, 1.165) is 18.2 Å². The number of allylic oxidation sites excluding steroid dienone is 1. The van der Waals surface area contributed by atoms with Gasteiger partial charge < -0.3 is 0 Å². The number of halogens is 10. The summed E-state index contributed by atoms with van der Waals surface area (Å²) in [6, 6.07) is 2.95. The highest BCUT2D eigenvalue weighted by molar-refractivity contribution is 6.48. The van der Waals surface area contributed by atoms with Gasteiger partial charge in [0, 0.05) is 11.6 Å². The lowest BCUT2D eigenvalue weighted by Crippen LogP contribution is -2.40. The van der Waals surface area contributed by atoms with Gasteiger partial charge in [-0.05, 0) is 48.7 Å². The predicted molar refractivity (Wildman–Crippen MR) is 114 cm³/mol. The second-order valence-electron chi connectivity index (χ2n) is 7.53. The molecule has 1 fully saturated rings. The molecule has 1 unspecified atom stereocenters. The zero-order valence-corrected chi connectivity index (χ0v) is 19.0. The number of rotatable bonds is 5. The quantitative estimate of drug-likeness (QED) is 0.136. The third-order valence-electron chi connectivity index (χ3n) is 5.04. The van der Waals surface area contributed by atoms with Crippen LogP contribution >= 0.6 is 34.8 Å². The largest absolute Gasteiger partial charge is 0.417 e. The summed E-state index contributed by atoms with van der Waals surface area (Å²) in [6.45, 7) is 0. The van der Waals surface area contributed by atoms with Crippen LogP contribution < -0.4 is 5.84 Å². The van der Waals surface area contributed by atoms with Crippen LogP contribution in [0.2, 0.25) is 15.1 Å². The molecule has 0 aliphatic heterocycles. The van der Waals surface area contributed by atoms with Crippen molar-refractivity contribution < 1.29 is 35.5 Å². The number of nitrogens with zero attached hydrogens (tertiary/aromatic N) is 1. The summed E-state index contributed by atoms with van der Waals surface area (Å²) in [5.41, 5.74) is -3.77. The Morgan fingerprint density at radius 3 is 2.06 bits per heavy atom. The molecule has 0 heterocycles. The Hall–Kier alpha value is -2.01. The number of hydrogen-bond acceptors (Lipinski definition) is 2. The molecule has 3 rings (SSSR count). The lowest BCUT2D eigenvalue weighted by Gasteiger charge is -2.20. The van der Waals surface area contributed by atoms with Crippen molar-refractivity contribution in [1.82, 2.24) is 5.01 Å². The van der Waals surface area contributed by atoms with E-state index in [1.165, 1.54) is 0 Å². The molecule has 13 heteroatoms. The van der Waals surface area contributed by atoms with Gasteiger partial charge >= 0.3 is 12.4 Å². The Morgan fingerprint density at radius 1 is 1.03 bits per heavy atom. The molecule has 1 aliphatic carbocycles. The number of hydrazine groups is 1. The first-order valence-corrected chi connectivity index (χ1v) is 10.6. The van der Waals surface area contributed by atoms with E-state index in [9.17, 15) is 35.5 Å². The molecule has 1 aliphatic rings. The second-order valence-corrected chi connectivity index (χ2v) is 8.73. The van der Waals surface area contributed by atoms with Gasteiger partial charge in [0.1, 0.15) is 11.7 Å². The Bertz CT molecular complexity index is 1120. The molecule has 2 aromatic rings. The Kier molecular flexibility index (Phi) is 7.48. The number of nitrogens with two attached hydrogens (primary N) is 1. The maximum Gasteiger partial charge on any atom is 0.417 e. The lowest BCUT2D eigenvalue weighted by molar-refractivity contribution is -0.140. The third kappa shape index (κ3) is 5.79. The van der Waals surface area contributed by atoms with Gasteiger partial charge in [-0.15, -0.1) is 0 Å². The van der Waals surface area contributed by atoms with Gasteiger partial charge in [0.05, 0.1) is 26.2 Å². The van der Waals surface area contributed by atoms with Crippen LogP contribution in [0, 0.1) is 0 Å². The molecule has 2 N–H and O–H groups in total. The van der Waals surface area contributed by atoms with E-state index < -0.39 is 58.3 Å². The molecular formula is C21H14Cl3F7N2O. The van der Waals surface area contributed by atoms with E-state index >= 15 is 0 Å². The van der Waals surface area contributed by atoms with Gasteiger partial charge in [0.2, 0.25) is 0 Å². The fourth-order valence-corrected chi connectivity index (χ4v) is 3.76. The normalized spacial score (nSPS) is 15.9. The molecule has 1 amide bonds. The molecule has 0 bridgehead atoms. The molecule has 2 aromatic carbocycles. The minimum absolute atomic E-state index is 0.0896. The highest BCUT2D eigenvalue weighted by Crippen LogP contribution is 2.43. The monoisotopic (exact) mass is 548 g/mol. The van der Waals surface area contributed by atoms with Gasteiger partial charge in [0.15, 0.2) is 0 Å². The van der Waals surface area contributed by atoms with Crippen LogP contribution in [0.5, 0.6) is 0 Å². The molecular weight excluding hydrogens is 536 g/mol. The smallest absolute Gasteiger partial charge is 0.273 e. The number of benzene rings is 2. The van der Waals surface area contributed by atoms with Crippen LogP contribution in [0.3, 0.4) is 0 Å². The van der Waals surface area contributed by atoms with Gasteiger partial charge in [-0.1, -0.05) is 40.9 Å². The first-order valence-electron chi connectivity index (χ1n) is 9.49. The lowest BCUT2D eigenvalue weighted by atomic mass is 9.95. The minimum Gasteiger partial charge on any atom is -0.273 e. The Balaban J connectivity index is 2.06. The molecule has 1 atom stereocenters. The van der Waals surface area contributed by atoms with Gasteiger partial charge in [-0.25, -0.2) is 10.2 Å². The van der Waals surface area contributed by atoms with Crippen molar-refractivity contribution in [3.05, 3.63) is 73.7 Å². The van der Waals surface area contributed by atoms with Crippen LogP contribution in [0.15, 0.2) is 36.4 Å². The standard InChI is InChI=1S/C21H14Cl3F7N2O/c22-15-6-10(7-16(23)18(15)24)13(20(26,27)28)8-17(25)9-1-4-12(14(5-9)21(29,30)31)19(34)33(32)11-2-3-11/h1,4-8,11,13H,2-3,32H2. The van der Waals surface area contributed by atoms with Crippen molar-refractivity contribution in [2.45, 2.75) is 37.2 Å². The van der Waals surface area contributed by atoms with E-state index in [2.05, 4.69) is 0 Å². The van der Waals surface area contributed by atoms with Gasteiger partial charge in [-0.2, -0.15) is 26.3 Å². The highest BCUT2D eigenvalue weighted by atomic mass is 35.5. The fraction of sp³-hybridized carbons (Fsp3) is 0.286. The molecule has 1 saturated carbocycles. The van der Waals surface area contributed by atoms with Crippen molar-refractivity contribution in [2.24, 2.45) is 5.84 Å². The average molecular weight is 550 g/mol. The predicted octanol–water partition coefficient (Wildman–Crippen LogP) is 7.80. The van der Waals surface area contributed by atoms with Crippen molar-refractivity contribution in [1.29, 1.82) is 0 Å². The SMILES string of the molecule is NN(C(=O)c1ccc(C(F)=CC(c2cc(Cl)c(Cl)c(Cl)c2)C(F)(F)F)cc1C(F)(F)F)C1CC1. The number of alkyl halides is 6. The number of amides is 1. The molecule has 184 valence electrons. The van der Waals surface area contributed by atoms with E-state index in [0.29, 0.717) is 23.9 Å². The maximum atomic E-state index is 14.9.